The molecule has 5 heterocycles. The van der Waals surface area contributed by atoms with Gasteiger partial charge < -0.3 is 19.7 Å². The fourth-order valence-electron chi connectivity index (χ4n) is 5.70. The molecule has 11 heteroatoms. The summed E-state index contributed by atoms with van der Waals surface area (Å²) in [7, 11) is 1.87. The number of rotatable bonds is 3. The highest BCUT2D eigenvalue weighted by molar-refractivity contribution is 5.76. The Hall–Kier alpha value is -4.17. The van der Waals surface area contributed by atoms with Crippen molar-refractivity contribution >= 4 is 17.6 Å². The lowest BCUT2D eigenvalue weighted by atomic mass is 9.87. The van der Waals surface area contributed by atoms with E-state index in [1.807, 2.05) is 40.1 Å². The molecular formula is C29H34N8O3. The van der Waals surface area contributed by atoms with E-state index in [2.05, 4.69) is 37.4 Å². The number of likely N-dealkylation sites (tertiary alicyclic amines) is 2. The SMILES string of the molecule is Cn1cc(-c2ncnc3c2COc2c(C#N)cc(C4CCN(C5CN(C(=O)OC(C)(C)C)C5)CC4)cc2N3)cn1. The van der Waals surface area contributed by atoms with Crippen LogP contribution >= 0.6 is 0 Å². The Kier molecular flexibility index (Phi) is 6.58. The first kappa shape index (κ1) is 26.1. The third-order valence-corrected chi connectivity index (χ3v) is 7.80. The summed E-state index contributed by atoms with van der Waals surface area (Å²) in [5.41, 5.74) is 4.37. The first-order chi connectivity index (χ1) is 19.2. The fourth-order valence-corrected chi connectivity index (χ4v) is 5.70. The molecule has 1 amide bonds. The molecule has 1 aromatic carbocycles. The van der Waals surface area contributed by atoms with Crippen LogP contribution in [0.3, 0.4) is 0 Å². The number of ether oxygens (including phenoxy) is 2. The van der Waals surface area contributed by atoms with E-state index in [1.165, 1.54) is 6.33 Å². The molecule has 0 bridgehead atoms. The van der Waals surface area contributed by atoms with E-state index in [9.17, 15) is 10.1 Å². The predicted octanol–water partition coefficient (Wildman–Crippen LogP) is 4.18. The Morgan fingerprint density at radius 1 is 1.20 bits per heavy atom. The number of nitrogens with zero attached hydrogens (tertiary/aromatic N) is 7. The van der Waals surface area contributed by atoms with Gasteiger partial charge in [-0.2, -0.15) is 10.4 Å². The van der Waals surface area contributed by atoms with Gasteiger partial charge in [-0.3, -0.25) is 9.58 Å². The summed E-state index contributed by atoms with van der Waals surface area (Å²) in [4.78, 5) is 25.5. The summed E-state index contributed by atoms with van der Waals surface area (Å²) >= 11 is 0. The highest BCUT2D eigenvalue weighted by atomic mass is 16.6. The second-order valence-electron chi connectivity index (χ2n) is 11.8. The largest absolute Gasteiger partial charge is 0.485 e. The molecule has 6 rings (SSSR count). The number of hydrogen-bond acceptors (Lipinski definition) is 9. The third kappa shape index (κ3) is 5.07. The number of aromatic nitrogens is 4. The number of anilines is 2. The van der Waals surface area contributed by atoms with Gasteiger partial charge in [-0.15, -0.1) is 0 Å². The molecule has 0 aliphatic carbocycles. The zero-order valence-corrected chi connectivity index (χ0v) is 23.3. The number of carbonyl (C=O) groups is 1. The summed E-state index contributed by atoms with van der Waals surface area (Å²) in [6, 6.07) is 6.78. The number of nitrogens with one attached hydrogen (secondary N) is 1. The quantitative estimate of drug-likeness (QED) is 0.519. The molecule has 0 spiro atoms. The van der Waals surface area contributed by atoms with Crippen molar-refractivity contribution in [3.8, 4) is 23.1 Å². The third-order valence-electron chi connectivity index (χ3n) is 7.80. The molecule has 3 aromatic rings. The summed E-state index contributed by atoms with van der Waals surface area (Å²) in [5.74, 6) is 1.54. The fraction of sp³-hybridized carbons (Fsp3) is 0.483. The zero-order chi connectivity index (χ0) is 28.0. The van der Waals surface area contributed by atoms with Crippen LogP contribution in [0.1, 0.15) is 56.2 Å². The van der Waals surface area contributed by atoms with E-state index in [4.69, 9.17) is 9.47 Å². The van der Waals surface area contributed by atoms with E-state index in [0.717, 1.165) is 54.0 Å². The number of carbonyl (C=O) groups excluding carboxylic acids is 1. The number of nitriles is 1. The Labute approximate surface area is 233 Å². The smallest absolute Gasteiger partial charge is 0.410 e. The second-order valence-corrected chi connectivity index (χ2v) is 11.8. The minimum atomic E-state index is -0.479. The molecule has 208 valence electrons. The highest BCUT2D eigenvalue weighted by Gasteiger charge is 2.38. The van der Waals surface area contributed by atoms with Crippen LogP contribution in [0.25, 0.3) is 11.3 Å². The number of piperidine rings is 1. The molecule has 2 fully saturated rings. The van der Waals surface area contributed by atoms with Crippen LogP contribution < -0.4 is 10.1 Å². The lowest BCUT2D eigenvalue weighted by Gasteiger charge is -2.47. The maximum Gasteiger partial charge on any atom is 0.410 e. The van der Waals surface area contributed by atoms with Crippen LogP contribution in [0.2, 0.25) is 0 Å². The normalized spacial score (nSPS) is 17.9. The van der Waals surface area contributed by atoms with E-state index in [0.29, 0.717) is 42.2 Å². The Balaban J connectivity index is 1.15. The van der Waals surface area contributed by atoms with Crippen molar-refractivity contribution in [2.24, 2.45) is 7.05 Å². The van der Waals surface area contributed by atoms with Crippen molar-refractivity contribution in [2.45, 2.75) is 57.8 Å². The van der Waals surface area contributed by atoms with Gasteiger partial charge in [0, 0.05) is 37.9 Å². The van der Waals surface area contributed by atoms with Crippen molar-refractivity contribution in [1.29, 1.82) is 5.26 Å². The topological polar surface area (TPSA) is 121 Å². The maximum atomic E-state index is 12.3. The van der Waals surface area contributed by atoms with Crippen LogP contribution in [0.5, 0.6) is 5.75 Å². The van der Waals surface area contributed by atoms with Gasteiger partial charge in [0.05, 0.1) is 28.7 Å². The molecule has 0 atom stereocenters. The minimum Gasteiger partial charge on any atom is -0.485 e. The molecule has 3 aliphatic heterocycles. The molecule has 2 aromatic heterocycles. The van der Waals surface area contributed by atoms with E-state index in [-0.39, 0.29) is 12.7 Å². The number of amides is 1. The van der Waals surface area contributed by atoms with Gasteiger partial charge in [0.1, 0.15) is 30.4 Å². The zero-order valence-electron chi connectivity index (χ0n) is 23.3. The van der Waals surface area contributed by atoms with Crippen molar-refractivity contribution in [1.82, 2.24) is 29.5 Å². The van der Waals surface area contributed by atoms with Gasteiger partial charge in [0.2, 0.25) is 0 Å². The monoisotopic (exact) mass is 542 g/mol. The van der Waals surface area contributed by atoms with Crippen molar-refractivity contribution in [2.75, 3.05) is 31.5 Å². The molecule has 1 N–H and O–H groups in total. The Bertz CT molecular complexity index is 1470. The molecule has 2 saturated heterocycles. The summed E-state index contributed by atoms with van der Waals surface area (Å²) in [6.07, 6.45) is 6.94. The number of aryl methyl sites for hydroxylation is 1. The van der Waals surface area contributed by atoms with Crippen LogP contribution in [-0.4, -0.2) is 73.5 Å². The average Bonchev–Trinajstić information content (AvgIpc) is 3.22. The van der Waals surface area contributed by atoms with Gasteiger partial charge in [-0.1, -0.05) is 0 Å². The lowest BCUT2D eigenvalue weighted by molar-refractivity contribution is -0.0196. The summed E-state index contributed by atoms with van der Waals surface area (Å²) in [5, 5.41) is 17.7. The highest BCUT2D eigenvalue weighted by Crippen LogP contribution is 2.41. The standard InChI is InChI=1S/C29H34N8O3/c1-29(2,3)40-28(38)37-14-22(15-37)36-7-5-18(6-8-36)19-9-20(11-30)26-24(10-19)34-27-23(16-39-26)25(31-17-32-27)21-12-33-35(4)13-21/h9-10,12-13,17-18,22H,5-8,14-16H2,1-4H3,(H,31,32,34). The van der Waals surface area contributed by atoms with E-state index in [1.54, 1.807) is 15.8 Å². The molecule has 0 radical (unpaired) electrons. The van der Waals surface area contributed by atoms with Crippen LogP contribution in [0, 0.1) is 11.3 Å². The average molecular weight is 543 g/mol. The summed E-state index contributed by atoms with van der Waals surface area (Å²) in [6.45, 7) is 9.23. The van der Waals surface area contributed by atoms with Crippen LogP contribution in [0.15, 0.2) is 30.9 Å². The minimum absolute atomic E-state index is 0.234. The Morgan fingerprint density at radius 2 is 1.98 bits per heavy atom. The van der Waals surface area contributed by atoms with E-state index < -0.39 is 5.60 Å². The van der Waals surface area contributed by atoms with Gasteiger partial charge in [-0.05, 0) is 70.3 Å². The Morgan fingerprint density at radius 3 is 2.65 bits per heavy atom. The summed E-state index contributed by atoms with van der Waals surface area (Å²) < 4.78 is 13.4. The van der Waals surface area contributed by atoms with E-state index >= 15 is 0 Å². The molecule has 3 aliphatic rings. The molecular weight excluding hydrogens is 508 g/mol. The van der Waals surface area contributed by atoms with Gasteiger partial charge in [-0.25, -0.2) is 14.8 Å². The van der Waals surface area contributed by atoms with Crippen molar-refractivity contribution in [3.63, 3.8) is 0 Å². The maximum absolute atomic E-state index is 12.3. The first-order valence-electron chi connectivity index (χ1n) is 13.7. The number of hydrogen-bond donors (Lipinski definition) is 1. The first-order valence-corrected chi connectivity index (χ1v) is 13.7. The molecule has 0 saturated carbocycles. The predicted molar refractivity (Wildman–Crippen MR) is 148 cm³/mol. The molecule has 11 nitrogen and oxygen atoms in total. The number of fused-ring (bicyclic) bond motifs is 2. The van der Waals surface area contributed by atoms with Crippen molar-refractivity contribution < 1.29 is 14.3 Å². The van der Waals surface area contributed by atoms with Gasteiger partial charge in [0.15, 0.2) is 5.75 Å². The lowest BCUT2D eigenvalue weighted by Crippen LogP contribution is -2.62. The van der Waals surface area contributed by atoms with Crippen LogP contribution in [-0.2, 0) is 18.4 Å². The van der Waals surface area contributed by atoms with Crippen molar-refractivity contribution in [3.05, 3.63) is 47.5 Å². The molecule has 0 unspecified atom stereocenters. The number of benzene rings is 1. The van der Waals surface area contributed by atoms with Gasteiger partial charge in [0.25, 0.3) is 0 Å². The van der Waals surface area contributed by atoms with Crippen LogP contribution in [0.4, 0.5) is 16.3 Å². The molecule has 40 heavy (non-hydrogen) atoms. The van der Waals surface area contributed by atoms with Gasteiger partial charge >= 0.3 is 6.09 Å². The second kappa shape index (κ2) is 10.1.